The lowest BCUT2D eigenvalue weighted by molar-refractivity contribution is 0.0751. The number of piperazine rings is 1. The van der Waals surface area contributed by atoms with Gasteiger partial charge in [-0.25, -0.2) is 9.97 Å². The molecule has 1 saturated heterocycles. The van der Waals surface area contributed by atoms with Crippen LogP contribution in [0.3, 0.4) is 0 Å². The van der Waals surface area contributed by atoms with Gasteiger partial charge in [0.2, 0.25) is 0 Å². The van der Waals surface area contributed by atoms with E-state index in [0.29, 0.717) is 37.6 Å². The van der Waals surface area contributed by atoms with Crippen molar-refractivity contribution in [1.29, 1.82) is 5.26 Å². The summed E-state index contributed by atoms with van der Waals surface area (Å²) < 4.78 is 2.02. The van der Waals surface area contributed by atoms with Gasteiger partial charge in [-0.1, -0.05) is 0 Å². The van der Waals surface area contributed by atoms with Crippen molar-refractivity contribution in [2.75, 3.05) is 31.1 Å². The molecule has 134 valence electrons. The fourth-order valence-corrected chi connectivity index (χ4v) is 5.13. The Hall–Kier alpha value is -2.96. The predicted molar refractivity (Wildman–Crippen MR) is 106 cm³/mol. The maximum atomic E-state index is 12.9. The average Bonchev–Trinajstić information content (AvgIpc) is 3.40. The van der Waals surface area contributed by atoms with Gasteiger partial charge in [0, 0.05) is 44.0 Å². The molecular formula is C18H14N6OS2. The summed E-state index contributed by atoms with van der Waals surface area (Å²) in [4.78, 5) is 28.3. The number of nitriles is 1. The number of pyridine rings is 1. The molecule has 0 radical (unpaired) electrons. The first-order valence-electron chi connectivity index (χ1n) is 8.49. The Morgan fingerprint density at radius 2 is 2.11 bits per heavy atom. The third-order valence-corrected chi connectivity index (χ3v) is 6.49. The zero-order valence-electron chi connectivity index (χ0n) is 14.2. The summed E-state index contributed by atoms with van der Waals surface area (Å²) in [5, 5.41) is 11.3. The number of nitrogens with zero attached hydrogens (tertiary/aromatic N) is 6. The van der Waals surface area contributed by atoms with Crippen LogP contribution < -0.4 is 4.90 Å². The lowest BCUT2D eigenvalue weighted by atomic mass is 10.2. The molecule has 7 nitrogen and oxygen atoms in total. The van der Waals surface area contributed by atoms with Crippen molar-refractivity contribution in [2.24, 2.45) is 0 Å². The summed E-state index contributed by atoms with van der Waals surface area (Å²) >= 11 is 3.04. The molecule has 1 aliphatic heterocycles. The van der Waals surface area contributed by atoms with Crippen LogP contribution in [0.25, 0.3) is 15.3 Å². The van der Waals surface area contributed by atoms with Crippen molar-refractivity contribution in [1.82, 2.24) is 19.3 Å². The van der Waals surface area contributed by atoms with Crippen LogP contribution in [-0.2, 0) is 0 Å². The molecule has 4 aromatic rings. The van der Waals surface area contributed by atoms with E-state index in [4.69, 9.17) is 0 Å². The van der Waals surface area contributed by atoms with Gasteiger partial charge in [-0.15, -0.1) is 22.7 Å². The lowest BCUT2D eigenvalue weighted by Crippen LogP contribution is -2.49. The Balaban J connectivity index is 1.34. The number of hydrogen-bond acceptors (Lipinski definition) is 7. The average molecular weight is 394 g/mol. The van der Waals surface area contributed by atoms with Crippen molar-refractivity contribution in [3.05, 3.63) is 46.4 Å². The summed E-state index contributed by atoms with van der Waals surface area (Å²) in [6.45, 7) is 2.54. The third-order valence-electron chi connectivity index (χ3n) is 4.72. The molecule has 5 rings (SSSR count). The van der Waals surface area contributed by atoms with E-state index in [1.807, 2.05) is 26.9 Å². The molecule has 1 aliphatic rings. The normalized spacial score (nSPS) is 14.8. The molecule has 0 aromatic carbocycles. The molecule has 0 saturated carbocycles. The van der Waals surface area contributed by atoms with Gasteiger partial charge in [0.25, 0.3) is 5.91 Å². The maximum absolute atomic E-state index is 12.9. The molecule has 4 aromatic heterocycles. The molecule has 27 heavy (non-hydrogen) atoms. The van der Waals surface area contributed by atoms with Crippen LogP contribution in [0, 0.1) is 11.3 Å². The number of anilines is 1. The minimum Gasteiger partial charge on any atom is -0.352 e. The van der Waals surface area contributed by atoms with Crippen molar-refractivity contribution in [3.8, 4) is 6.07 Å². The first kappa shape index (κ1) is 16.2. The Labute approximate surface area is 162 Å². The summed E-state index contributed by atoms with van der Waals surface area (Å²) in [7, 11) is 0. The SMILES string of the molecule is N#Cc1cccnc1N1CCN(C(=O)c2cc3c(nc4sccn43)s2)CC1. The molecule has 0 unspecified atom stereocenters. The van der Waals surface area contributed by atoms with Crippen LogP contribution >= 0.6 is 22.7 Å². The van der Waals surface area contributed by atoms with E-state index in [0.717, 1.165) is 20.2 Å². The predicted octanol–water partition coefficient (Wildman–Crippen LogP) is 2.84. The van der Waals surface area contributed by atoms with Crippen molar-refractivity contribution >= 4 is 49.7 Å². The minimum atomic E-state index is 0.0446. The van der Waals surface area contributed by atoms with Crippen LogP contribution in [0.1, 0.15) is 15.2 Å². The Kier molecular flexibility index (Phi) is 3.81. The number of carbonyl (C=O) groups is 1. The molecule has 0 spiro atoms. The van der Waals surface area contributed by atoms with Crippen molar-refractivity contribution in [2.45, 2.75) is 0 Å². The number of fused-ring (bicyclic) bond motifs is 3. The van der Waals surface area contributed by atoms with Gasteiger partial charge in [-0.2, -0.15) is 5.26 Å². The molecule has 0 aliphatic carbocycles. The second kappa shape index (κ2) is 6.33. The largest absolute Gasteiger partial charge is 0.352 e. The summed E-state index contributed by atoms with van der Waals surface area (Å²) in [6.07, 6.45) is 3.68. The van der Waals surface area contributed by atoms with Crippen LogP contribution in [0.5, 0.6) is 0 Å². The van der Waals surface area contributed by atoms with Gasteiger partial charge < -0.3 is 9.80 Å². The number of thiazole rings is 1. The van der Waals surface area contributed by atoms with Gasteiger partial charge >= 0.3 is 0 Å². The van der Waals surface area contributed by atoms with Crippen molar-refractivity contribution in [3.63, 3.8) is 0 Å². The van der Waals surface area contributed by atoms with Crippen LogP contribution in [-0.4, -0.2) is 51.4 Å². The highest BCUT2D eigenvalue weighted by Gasteiger charge is 2.26. The van der Waals surface area contributed by atoms with E-state index < -0.39 is 0 Å². The molecule has 9 heteroatoms. The highest BCUT2D eigenvalue weighted by Crippen LogP contribution is 2.29. The number of amides is 1. The first-order valence-corrected chi connectivity index (χ1v) is 10.2. The maximum Gasteiger partial charge on any atom is 0.264 e. The molecule has 1 amide bonds. The highest BCUT2D eigenvalue weighted by atomic mass is 32.1. The third kappa shape index (κ3) is 2.65. The van der Waals surface area contributed by atoms with Crippen molar-refractivity contribution < 1.29 is 4.79 Å². The summed E-state index contributed by atoms with van der Waals surface area (Å²) in [6, 6.07) is 7.66. The standard InChI is InChI=1S/C18H14N6OS2/c19-11-12-2-1-3-20-15(12)22-4-6-23(7-5-22)17(25)14-10-13-16(27-14)21-18-24(13)8-9-26-18/h1-3,8-10H,4-7H2. The Bertz CT molecular complexity index is 1190. The number of rotatable bonds is 2. The number of carbonyl (C=O) groups excluding carboxylic acids is 1. The van der Waals surface area contributed by atoms with E-state index in [1.54, 1.807) is 29.7 Å². The van der Waals surface area contributed by atoms with Crippen LogP contribution in [0.15, 0.2) is 36.0 Å². The fraction of sp³-hybridized carbons (Fsp3) is 0.222. The lowest BCUT2D eigenvalue weighted by Gasteiger charge is -2.35. The molecule has 1 fully saturated rings. The molecule has 0 bridgehead atoms. The van der Waals surface area contributed by atoms with Gasteiger partial charge in [-0.05, 0) is 18.2 Å². The minimum absolute atomic E-state index is 0.0446. The number of aromatic nitrogens is 3. The van der Waals surface area contributed by atoms with Gasteiger partial charge in [0.1, 0.15) is 16.7 Å². The van der Waals surface area contributed by atoms with E-state index in [2.05, 4.69) is 20.9 Å². The molecule has 0 N–H and O–H groups in total. The van der Waals surface area contributed by atoms with Gasteiger partial charge in [0.05, 0.1) is 16.0 Å². The zero-order chi connectivity index (χ0) is 18.4. The van der Waals surface area contributed by atoms with Crippen LogP contribution in [0.4, 0.5) is 5.82 Å². The smallest absolute Gasteiger partial charge is 0.264 e. The zero-order valence-corrected chi connectivity index (χ0v) is 15.8. The second-order valence-corrected chi connectivity index (χ2v) is 8.14. The number of imidazole rings is 1. The monoisotopic (exact) mass is 394 g/mol. The highest BCUT2D eigenvalue weighted by molar-refractivity contribution is 7.21. The van der Waals surface area contributed by atoms with Gasteiger partial charge in [0.15, 0.2) is 4.96 Å². The first-order chi connectivity index (χ1) is 13.2. The van der Waals surface area contributed by atoms with E-state index >= 15 is 0 Å². The fourth-order valence-electron chi connectivity index (χ4n) is 3.37. The quantitative estimate of drug-likeness (QED) is 0.522. The molecule has 5 heterocycles. The molecular weight excluding hydrogens is 380 g/mol. The number of thiophene rings is 1. The van der Waals surface area contributed by atoms with E-state index in [-0.39, 0.29) is 5.91 Å². The van der Waals surface area contributed by atoms with E-state index in [1.165, 1.54) is 11.3 Å². The van der Waals surface area contributed by atoms with Crippen LogP contribution in [0.2, 0.25) is 0 Å². The number of hydrogen-bond donors (Lipinski definition) is 0. The summed E-state index contributed by atoms with van der Waals surface area (Å²) in [5.41, 5.74) is 1.56. The topological polar surface area (TPSA) is 77.5 Å². The Morgan fingerprint density at radius 3 is 2.93 bits per heavy atom. The second-order valence-electron chi connectivity index (χ2n) is 6.23. The molecule has 0 atom stereocenters. The van der Waals surface area contributed by atoms with Gasteiger partial charge in [-0.3, -0.25) is 9.20 Å². The summed E-state index contributed by atoms with van der Waals surface area (Å²) in [5.74, 6) is 0.741. The van der Waals surface area contributed by atoms with E-state index in [9.17, 15) is 10.1 Å². The Morgan fingerprint density at radius 1 is 1.26 bits per heavy atom.